The molecule has 3 aliphatic rings. The van der Waals surface area contributed by atoms with Crippen molar-refractivity contribution < 1.29 is 177 Å². The van der Waals surface area contributed by atoms with Gasteiger partial charge in [0.05, 0.1) is 36.4 Å². The van der Waals surface area contributed by atoms with Crippen LogP contribution in [0.5, 0.6) is 0 Å². The van der Waals surface area contributed by atoms with Crippen LogP contribution >= 0.6 is 0 Å². The van der Waals surface area contributed by atoms with E-state index in [1.165, 1.54) is 25.7 Å². The van der Waals surface area contributed by atoms with Gasteiger partial charge in [-0.2, -0.15) is 0 Å². The Balaban J connectivity index is 1.71. The van der Waals surface area contributed by atoms with Gasteiger partial charge < -0.3 is 120 Å². The minimum Gasteiger partial charge on any atom is -0.481 e. The van der Waals surface area contributed by atoms with Gasteiger partial charge in [-0.05, 0) is 96.3 Å². The Morgan fingerprint density at radius 1 is 0.296 bits per heavy atom. The van der Waals surface area contributed by atoms with Gasteiger partial charge in [0.25, 0.3) is 17.7 Å². The van der Waals surface area contributed by atoms with Crippen LogP contribution in [0.2, 0.25) is 0 Å². The minimum absolute atomic E-state index is 0.00178. The third-order valence-electron chi connectivity index (χ3n) is 20.9. The van der Waals surface area contributed by atoms with Crippen molar-refractivity contribution in [2.45, 2.75) is 335 Å². The number of carbonyl (C=O) groups is 24. The Morgan fingerprint density at radius 2 is 0.585 bits per heavy atom. The summed E-state index contributed by atoms with van der Waals surface area (Å²) in [5, 5.41) is 35.3. The summed E-state index contributed by atoms with van der Waals surface area (Å²) >= 11 is 0. The highest BCUT2D eigenvalue weighted by atomic mass is 16.7. The average molecular weight is 1930 g/mol. The van der Waals surface area contributed by atoms with Crippen molar-refractivity contribution in [3.05, 3.63) is 0 Å². The van der Waals surface area contributed by atoms with E-state index in [2.05, 4.69) is 53.2 Å². The van der Waals surface area contributed by atoms with E-state index in [4.69, 9.17) is 61.9 Å². The number of aliphatic carboxylic acids is 1. The standard InChI is InChI=1S/C87H133N11O37/c1-48(99)94-75-64(133-67(45-124-51(4)102)78(127-54(7)105)81(75)130-57(10)108)28-22-25-61(111)85(121)91-38-19-15-31-70(114)88-41-43-98(44-42-89-71(115)32-16-20-39-92-86(122)62(112)26-23-29-65-76(95-49(2)100)82(131-58(11)109)79(128-55(8)106)68(134-65)46-125-52(5)103)73(117)36-35-60(84(120)90-37-18-13-14-34-74(118)119)97-72(116)33-17-21-40-93-87(123)63(113)27-24-30-66-77(96-50(3)101)83(132-59(12)110)80(129-56(9)107)69(135-66)47-126-53(6)104/h60,64-69,75-83H,13-47H2,1-12H3,(H,88,114)(H,89,115)(H,90,120)(H,91,121)(H,92,122)(H,93,123)(H,94,99)(H,95,100)(H,96,101)(H,97,116)(H,118,119)/t60-,64?,65?,66?,67?,68?,69?,75?,76?,77?,78?,79?,80?,81?,82?,83?/m0/s1. The summed E-state index contributed by atoms with van der Waals surface area (Å²) in [5.74, 6) is -18.0. The smallest absolute Gasteiger partial charge is 0.303 e. The molecule has 15 unspecified atom stereocenters. The summed E-state index contributed by atoms with van der Waals surface area (Å²) in [6.45, 7) is 11.4. The van der Waals surface area contributed by atoms with E-state index in [0.717, 1.165) is 62.3 Å². The molecule has 0 aromatic heterocycles. The molecule has 11 N–H and O–H groups in total. The molecule has 0 saturated carbocycles. The maximum absolute atomic E-state index is 14.3. The first kappa shape index (κ1) is 117. The van der Waals surface area contributed by atoms with Crippen LogP contribution in [-0.2, 0) is 172 Å². The number of ketones is 3. The van der Waals surface area contributed by atoms with E-state index < -0.39 is 266 Å². The monoisotopic (exact) mass is 1920 g/mol. The van der Waals surface area contributed by atoms with Crippen molar-refractivity contribution in [3.8, 4) is 0 Å². The molecule has 16 atom stereocenters. The maximum atomic E-state index is 14.3. The van der Waals surface area contributed by atoms with Gasteiger partial charge in [-0.1, -0.05) is 6.42 Å². The number of amides is 11. The number of nitrogens with zero attached hydrogens (tertiary/aromatic N) is 1. The van der Waals surface area contributed by atoms with E-state index in [-0.39, 0.29) is 181 Å². The number of carboxylic acid groups (broad SMARTS) is 1. The topological polar surface area (TPSA) is 664 Å². The highest BCUT2D eigenvalue weighted by molar-refractivity contribution is 6.37. The fourth-order valence-corrected chi connectivity index (χ4v) is 15.0. The zero-order chi connectivity index (χ0) is 101. The summed E-state index contributed by atoms with van der Waals surface area (Å²) in [5.41, 5.74) is 0. The number of carboxylic acids is 1. The molecule has 48 nitrogen and oxygen atoms in total. The fraction of sp³-hybridized carbons (Fsp3) is 0.724. The van der Waals surface area contributed by atoms with Crippen LogP contribution in [0.15, 0.2) is 0 Å². The summed E-state index contributed by atoms with van der Waals surface area (Å²) in [4.78, 5) is 305. The van der Waals surface area contributed by atoms with E-state index in [9.17, 15) is 115 Å². The van der Waals surface area contributed by atoms with Crippen LogP contribution in [-0.4, -0.2) is 322 Å². The second-order valence-electron chi connectivity index (χ2n) is 32.5. The average Bonchev–Trinajstić information content (AvgIpc) is 0.794. The number of unbranched alkanes of at least 4 members (excludes halogenated alkanes) is 5. The highest BCUT2D eigenvalue weighted by Gasteiger charge is 2.54. The second kappa shape index (κ2) is 63.1. The Hall–Kier alpha value is -12.2. The van der Waals surface area contributed by atoms with Crippen LogP contribution in [0.3, 0.4) is 0 Å². The molecule has 3 fully saturated rings. The van der Waals surface area contributed by atoms with E-state index >= 15 is 0 Å². The molecule has 758 valence electrons. The molecule has 0 aromatic rings. The molecule has 0 radical (unpaired) electrons. The molecule has 0 aromatic carbocycles. The van der Waals surface area contributed by atoms with E-state index in [1.807, 2.05) is 0 Å². The Bertz CT molecular complexity index is 3940. The van der Waals surface area contributed by atoms with Crippen LogP contribution < -0.4 is 53.2 Å². The number of esters is 9. The molecule has 3 saturated heterocycles. The van der Waals surface area contributed by atoms with Gasteiger partial charge in [0.1, 0.15) is 44.2 Å². The molecule has 48 heteroatoms. The van der Waals surface area contributed by atoms with Crippen molar-refractivity contribution in [2.75, 3.05) is 72.2 Å². The third kappa shape index (κ3) is 48.0. The number of hydrogen-bond donors (Lipinski definition) is 11. The molecular formula is C87H133N11O37. The molecule has 3 rings (SSSR count). The van der Waals surface area contributed by atoms with E-state index in [0.29, 0.717) is 19.3 Å². The van der Waals surface area contributed by atoms with Gasteiger partial charge in [0.15, 0.2) is 36.6 Å². The number of rotatable bonds is 62. The number of Topliss-reactive ketones (excluding diaryl/α,β-unsaturated/α-hetero) is 3. The molecule has 0 bridgehead atoms. The van der Waals surface area contributed by atoms with Crippen molar-refractivity contribution in [3.63, 3.8) is 0 Å². The van der Waals surface area contributed by atoms with Gasteiger partial charge in [-0.3, -0.25) is 115 Å². The normalized spacial score (nSPS) is 21.1. The van der Waals surface area contributed by atoms with Gasteiger partial charge >= 0.3 is 59.7 Å². The lowest BCUT2D eigenvalue weighted by atomic mass is 9.89. The second-order valence-corrected chi connectivity index (χ2v) is 32.5. The van der Waals surface area contributed by atoms with Crippen LogP contribution in [0, 0.1) is 0 Å². The molecule has 3 aliphatic heterocycles. The Kier molecular flexibility index (Phi) is 54.6. The van der Waals surface area contributed by atoms with Crippen LogP contribution in [0.4, 0.5) is 0 Å². The van der Waals surface area contributed by atoms with Crippen LogP contribution in [0.25, 0.3) is 0 Å². The van der Waals surface area contributed by atoms with Gasteiger partial charge in [-0.15, -0.1) is 0 Å². The quantitative estimate of drug-likeness (QED) is 0.0139. The van der Waals surface area contributed by atoms with Crippen molar-refractivity contribution in [2.24, 2.45) is 0 Å². The molecular weight excluding hydrogens is 1790 g/mol. The largest absolute Gasteiger partial charge is 0.481 e. The van der Waals surface area contributed by atoms with Crippen molar-refractivity contribution in [1.82, 2.24) is 58.1 Å². The summed E-state index contributed by atoms with van der Waals surface area (Å²) < 4.78 is 66.6. The predicted octanol–water partition coefficient (Wildman–Crippen LogP) is -1.75. The molecule has 3 heterocycles. The molecule has 11 amide bonds. The molecule has 135 heavy (non-hydrogen) atoms. The van der Waals surface area contributed by atoms with Crippen molar-refractivity contribution >= 4 is 142 Å². The van der Waals surface area contributed by atoms with Crippen molar-refractivity contribution in [1.29, 1.82) is 0 Å². The summed E-state index contributed by atoms with van der Waals surface area (Å²) in [6, 6.07) is -4.73. The summed E-state index contributed by atoms with van der Waals surface area (Å²) in [6.07, 6.45) is -14.8. The number of carbonyl (C=O) groups excluding carboxylic acids is 23. The van der Waals surface area contributed by atoms with Gasteiger partial charge in [0, 0.05) is 187 Å². The van der Waals surface area contributed by atoms with Gasteiger partial charge in [-0.25, -0.2) is 0 Å². The highest BCUT2D eigenvalue weighted by Crippen LogP contribution is 2.34. The first-order valence-corrected chi connectivity index (χ1v) is 45.0. The van der Waals surface area contributed by atoms with Gasteiger partial charge in [0.2, 0.25) is 64.6 Å². The third-order valence-corrected chi connectivity index (χ3v) is 20.9. The lowest BCUT2D eigenvalue weighted by Crippen LogP contribution is -2.66. The predicted molar refractivity (Wildman–Crippen MR) is 462 cm³/mol. The zero-order valence-corrected chi connectivity index (χ0v) is 78.6. The lowest BCUT2D eigenvalue weighted by Gasteiger charge is -2.45. The zero-order valence-electron chi connectivity index (χ0n) is 78.6. The number of ether oxygens (including phenoxy) is 12. The Morgan fingerprint density at radius 3 is 0.881 bits per heavy atom. The van der Waals surface area contributed by atoms with E-state index in [1.54, 1.807) is 0 Å². The minimum atomic E-state index is -1.35. The fourth-order valence-electron chi connectivity index (χ4n) is 15.0. The molecule has 0 spiro atoms. The first-order valence-electron chi connectivity index (χ1n) is 45.0. The molecule has 0 aliphatic carbocycles. The SMILES string of the molecule is CC(=O)NC1C(CCCC(=O)C(=O)NCCCCC(=O)NCCN(CCNC(=O)CCCCNC(=O)C(=O)CCCC2OC(COC(C)=O)C(OC(C)=O)C(OC(C)=O)C2NC(C)=O)C(=O)CC[C@H](NC(=O)CCCCNC(=O)C(=O)CCCC2OC(COC(C)=O)C(OC(C)=O)C(OC(C)=O)C2NC(C)=O)C(=O)NCCCCCC(=O)O)OC(COC(C)=O)C(OC(C)=O)C1OC(C)=O. The maximum Gasteiger partial charge on any atom is 0.303 e. The number of nitrogens with one attached hydrogen (secondary N) is 10. The number of hydrogen-bond acceptors (Lipinski definition) is 36. The Labute approximate surface area is 780 Å². The first-order chi connectivity index (χ1) is 63.8. The summed E-state index contributed by atoms with van der Waals surface area (Å²) in [7, 11) is 0. The van der Waals surface area contributed by atoms with Crippen LogP contribution in [0.1, 0.15) is 237 Å². The lowest BCUT2D eigenvalue weighted by molar-refractivity contribution is -0.224.